The van der Waals surface area contributed by atoms with E-state index in [1.165, 1.54) is 0 Å². The summed E-state index contributed by atoms with van der Waals surface area (Å²) in [6.45, 7) is 4.01. The van der Waals surface area contributed by atoms with Gasteiger partial charge in [-0.15, -0.1) is 0 Å². The molecule has 1 aromatic rings. The molecule has 1 saturated carbocycles. The summed E-state index contributed by atoms with van der Waals surface area (Å²) in [6.07, 6.45) is 4.13. The van der Waals surface area contributed by atoms with E-state index in [1.54, 1.807) is 25.6 Å². The van der Waals surface area contributed by atoms with Crippen LogP contribution >= 0.6 is 11.8 Å². The summed E-state index contributed by atoms with van der Waals surface area (Å²) in [5.74, 6) is 0.978. The maximum atomic E-state index is 12.4. The Morgan fingerprint density at radius 1 is 1.37 bits per heavy atom. The summed E-state index contributed by atoms with van der Waals surface area (Å²) in [6, 6.07) is 0. The molecule has 0 spiro atoms. The number of hydrogen-bond acceptors (Lipinski definition) is 5. The van der Waals surface area contributed by atoms with E-state index in [9.17, 15) is 8.42 Å². The molecule has 7 heteroatoms. The Hall–Kier alpha value is -0.500. The second-order valence-electron chi connectivity index (χ2n) is 4.94. The number of nitrogens with two attached hydrogens (primary N) is 1. The molecule has 0 aliphatic heterocycles. The van der Waals surface area contributed by atoms with Gasteiger partial charge in [-0.05, 0) is 32.9 Å². The number of nitrogens with one attached hydrogen (secondary N) is 1. The number of aryl methyl sites for hydroxylation is 2. The SMILES string of the molecule is CSC1(CNS(=O)(=O)c2c(C)oc(C)c2CN)CC1. The molecule has 0 aromatic carbocycles. The lowest BCUT2D eigenvalue weighted by Gasteiger charge is -2.13. The summed E-state index contributed by atoms with van der Waals surface area (Å²) in [5, 5.41) is 0. The third-order valence-electron chi connectivity index (χ3n) is 3.62. The van der Waals surface area contributed by atoms with Gasteiger partial charge in [-0.25, -0.2) is 13.1 Å². The molecule has 1 aliphatic rings. The number of sulfonamides is 1. The minimum atomic E-state index is -3.55. The Labute approximate surface area is 118 Å². The number of furan rings is 1. The zero-order valence-electron chi connectivity index (χ0n) is 11.4. The average Bonchev–Trinajstić information content (AvgIpc) is 3.07. The summed E-state index contributed by atoms with van der Waals surface area (Å²) in [4.78, 5) is 0.212. The highest BCUT2D eigenvalue weighted by Crippen LogP contribution is 2.46. The second-order valence-corrected chi connectivity index (χ2v) is 7.92. The zero-order chi connectivity index (χ0) is 14.3. The molecule has 0 amide bonds. The van der Waals surface area contributed by atoms with E-state index in [4.69, 9.17) is 10.2 Å². The monoisotopic (exact) mass is 304 g/mol. The first kappa shape index (κ1) is 14.9. The van der Waals surface area contributed by atoms with Crippen LogP contribution < -0.4 is 10.5 Å². The van der Waals surface area contributed by atoms with E-state index in [0.29, 0.717) is 23.6 Å². The number of rotatable bonds is 6. The van der Waals surface area contributed by atoms with E-state index >= 15 is 0 Å². The van der Waals surface area contributed by atoms with Crippen LogP contribution in [0.2, 0.25) is 0 Å². The van der Waals surface area contributed by atoms with Gasteiger partial charge in [0, 0.05) is 23.4 Å². The topological polar surface area (TPSA) is 85.3 Å². The minimum absolute atomic E-state index is 0.0859. The Morgan fingerprint density at radius 2 is 2.00 bits per heavy atom. The van der Waals surface area contributed by atoms with Crippen LogP contribution in [0, 0.1) is 13.8 Å². The van der Waals surface area contributed by atoms with Crippen molar-refractivity contribution in [3.8, 4) is 0 Å². The van der Waals surface area contributed by atoms with Gasteiger partial charge in [0.25, 0.3) is 0 Å². The first-order valence-electron chi connectivity index (χ1n) is 6.19. The molecule has 0 saturated heterocycles. The van der Waals surface area contributed by atoms with Crippen LogP contribution in [0.1, 0.15) is 29.9 Å². The van der Waals surface area contributed by atoms with Gasteiger partial charge in [0.05, 0.1) is 0 Å². The number of thioether (sulfide) groups is 1. The van der Waals surface area contributed by atoms with E-state index < -0.39 is 10.0 Å². The third-order valence-corrected chi connectivity index (χ3v) is 6.64. The highest BCUT2D eigenvalue weighted by atomic mass is 32.2. The molecule has 2 rings (SSSR count). The van der Waals surface area contributed by atoms with Crippen molar-refractivity contribution in [2.24, 2.45) is 5.73 Å². The van der Waals surface area contributed by atoms with Crippen LogP contribution in [-0.2, 0) is 16.6 Å². The Bertz CT molecular complexity index is 574. The van der Waals surface area contributed by atoms with Crippen LogP contribution in [0.5, 0.6) is 0 Å². The molecule has 5 nitrogen and oxygen atoms in total. The molecule has 0 radical (unpaired) electrons. The molecule has 1 heterocycles. The third kappa shape index (κ3) is 2.84. The molecule has 0 atom stereocenters. The van der Waals surface area contributed by atoms with Crippen molar-refractivity contribution in [3.63, 3.8) is 0 Å². The zero-order valence-corrected chi connectivity index (χ0v) is 13.1. The van der Waals surface area contributed by atoms with Gasteiger partial charge in [0.15, 0.2) is 0 Å². The Kier molecular flexibility index (Phi) is 4.02. The molecule has 3 N–H and O–H groups in total. The number of hydrogen-bond donors (Lipinski definition) is 2. The van der Waals surface area contributed by atoms with Crippen molar-refractivity contribution in [1.29, 1.82) is 0 Å². The largest absolute Gasteiger partial charge is 0.465 e. The molecule has 1 aromatic heterocycles. The van der Waals surface area contributed by atoms with Gasteiger partial charge >= 0.3 is 0 Å². The molecule has 1 aliphatic carbocycles. The van der Waals surface area contributed by atoms with E-state index in [-0.39, 0.29) is 16.2 Å². The first-order chi connectivity index (χ1) is 8.85. The van der Waals surface area contributed by atoms with Crippen molar-refractivity contribution in [3.05, 3.63) is 17.1 Å². The van der Waals surface area contributed by atoms with Crippen LogP contribution in [0.15, 0.2) is 9.31 Å². The lowest BCUT2D eigenvalue weighted by molar-refractivity contribution is 0.494. The highest BCUT2D eigenvalue weighted by molar-refractivity contribution is 8.00. The van der Waals surface area contributed by atoms with Gasteiger partial charge in [0.1, 0.15) is 16.4 Å². The molecule has 0 unspecified atom stereocenters. The fourth-order valence-corrected chi connectivity index (χ4v) is 4.59. The summed E-state index contributed by atoms with van der Waals surface area (Å²) in [7, 11) is -3.55. The molecular formula is C12H20N2O3S2. The van der Waals surface area contributed by atoms with Gasteiger partial charge < -0.3 is 10.2 Å². The van der Waals surface area contributed by atoms with Gasteiger partial charge in [0.2, 0.25) is 10.0 Å². The quantitative estimate of drug-likeness (QED) is 0.832. The Balaban J connectivity index is 2.24. The fourth-order valence-electron chi connectivity index (χ4n) is 2.19. The van der Waals surface area contributed by atoms with E-state index in [2.05, 4.69) is 4.72 Å². The van der Waals surface area contributed by atoms with Crippen molar-refractivity contribution < 1.29 is 12.8 Å². The van der Waals surface area contributed by atoms with Crippen molar-refractivity contribution in [2.75, 3.05) is 12.8 Å². The minimum Gasteiger partial charge on any atom is -0.465 e. The molecule has 108 valence electrons. The normalized spacial score (nSPS) is 17.7. The van der Waals surface area contributed by atoms with E-state index in [0.717, 1.165) is 12.8 Å². The fraction of sp³-hybridized carbons (Fsp3) is 0.667. The molecule has 1 fully saturated rings. The standard InChI is InChI=1S/C12H20N2O3S2/c1-8-10(6-13)11(9(2)17-8)19(15,16)14-7-12(18-3)4-5-12/h14H,4-7,13H2,1-3H3. The molecule has 0 bridgehead atoms. The maximum absolute atomic E-state index is 12.4. The Morgan fingerprint density at radius 3 is 2.47 bits per heavy atom. The van der Waals surface area contributed by atoms with E-state index in [1.807, 2.05) is 6.26 Å². The van der Waals surface area contributed by atoms with Crippen LogP contribution in [-0.4, -0.2) is 26.0 Å². The van der Waals surface area contributed by atoms with Gasteiger partial charge in [-0.2, -0.15) is 11.8 Å². The highest BCUT2D eigenvalue weighted by Gasteiger charge is 2.43. The summed E-state index contributed by atoms with van der Waals surface area (Å²) >= 11 is 1.72. The first-order valence-corrected chi connectivity index (χ1v) is 8.90. The van der Waals surface area contributed by atoms with Gasteiger partial charge in [-0.1, -0.05) is 0 Å². The van der Waals surface area contributed by atoms with Crippen molar-refractivity contribution in [2.45, 2.75) is 42.9 Å². The summed E-state index contributed by atoms with van der Waals surface area (Å²) < 4.78 is 33.0. The maximum Gasteiger partial charge on any atom is 0.244 e. The van der Waals surface area contributed by atoms with Crippen molar-refractivity contribution >= 4 is 21.8 Å². The molecular weight excluding hydrogens is 284 g/mol. The van der Waals surface area contributed by atoms with Crippen LogP contribution in [0.4, 0.5) is 0 Å². The predicted molar refractivity (Wildman–Crippen MR) is 76.7 cm³/mol. The second kappa shape index (κ2) is 5.12. The lowest BCUT2D eigenvalue weighted by atomic mass is 10.2. The van der Waals surface area contributed by atoms with Crippen LogP contribution in [0.3, 0.4) is 0 Å². The van der Waals surface area contributed by atoms with Gasteiger partial charge in [-0.3, -0.25) is 0 Å². The van der Waals surface area contributed by atoms with Crippen LogP contribution in [0.25, 0.3) is 0 Å². The summed E-state index contributed by atoms with van der Waals surface area (Å²) in [5.41, 5.74) is 6.19. The van der Waals surface area contributed by atoms with Crippen molar-refractivity contribution in [1.82, 2.24) is 4.72 Å². The lowest BCUT2D eigenvalue weighted by Crippen LogP contribution is -2.32. The smallest absolute Gasteiger partial charge is 0.244 e. The molecule has 19 heavy (non-hydrogen) atoms. The average molecular weight is 304 g/mol. The predicted octanol–water partition coefficient (Wildman–Crippen LogP) is 1.53.